The molecule has 2 heterocycles. The van der Waals surface area contributed by atoms with Gasteiger partial charge >= 0.3 is 5.97 Å². The molecule has 0 amide bonds. The molecule has 0 spiro atoms. The Morgan fingerprint density at radius 2 is 1.63 bits per heavy atom. The number of esters is 1. The number of benzene rings is 2. The van der Waals surface area contributed by atoms with Gasteiger partial charge in [0.1, 0.15) is 10.9 Å². The van der Waals surface area contributed by atoms with Gasteiger partial charge in [0.2, 0.25) is 0 Å². The first-order valence-electron chi connectivity index (χ1n) is 11.1. The SMILES string of the molecule is CC12CCC(C(=O)Oc3c(Br)cc(Br)c4cccnc34)(c3nc4cc(Cl)c(Cl)cc4nc31)C2(C)C. The molecule has 2 unspecified atom stereocenters. The maximum absolute atomic E-state index is 14.3. The van der Waals surface area contributed by atoms with E-state index in [4.69, 9.17) is 37.9 Å². The summed E-state index contributed by atoms with van der Waals surface area (Å²) >= 11 is 19.7. The van der Waals surface area contributed by atoms with E-state index in [-0.39, 0.29) is 11.4 Å². The second-order valence-electron chi connectivity index (χ2n) is 10.00. The molecule has 2 aromatic carbocycles. The fraction of sp³-hybridized carbons (Fsp3) is 0.308. The van der Waals surface area contributed by atoms with Crippen LogP contribution in [-0.2, 0) is 15.6 Å². The Morgan fingerprint density at radius 1 is 0.971 bits per heavy atom. The van der Waals surface area contributed by atoms with Crippen molar-refractivity contribution in [1.29, 1.82) is 0 Å². The lowest BCUT2D eigenvalue weighted by atomic mass is 9.64. The number of rotatable bonds is 2. The molecular formula is C26H19Br2Cl2N3O2. The summed E-state index contributed by atoms with van der Waals surface area (Å²) in [5.74, 6) is 0.0401. The van der Waals surface area contributed by atoms with Crippen molar-refractivity contribution in [3.8, 4) is 5.75 Å². The zero-order chi connectivity index (χ0) is 24.9. The van der Waals surface area contributed by atoms with E-state index in [0.29, 0.717) is 48.9 Å². The Hall–Kier alpha value is -1.80. The topological polar surface area (TPSA) is 65.0 Å². The number of ether oxygens (including phenoxy) is 1. The average Bonchev–Trinajstić information content (AvgIpc) is 3.11. The molecule has 5 nitrogen and oxygen atoms in total. The molecule has 35 heavy (non-hydrogen) atoms. The highest BCUT2D eigenvalue weighted by molar-refractivity contribution is 9.11. The highest BCUT2D eigenvalue weighted by atomic mass is 79.9. The van der Waals surface area contributed by atoms with Crippen LogP contribution in [0.3, 0.4) is 0 Å². The monoisotopic (exact) mass is 633 g/mol. The van der Waals surface area contributed by atoms with E-state index in [1.807, 2.05) is 18.2 Å². The molecule has 4 aromatic rings. The molecule has 2 aromatic heterocycles. The molecular weight excluding hydrogens is 617 g/mol. The van der Waals surface area contributed by atoms with Crippen LogP contribution in [0, 0.1) is 5.41 Å². The average molecular weight is 636 g/mol. The van der Waals surface area contributed by atoms with Crippen molar-refractivity contribution in [1.82, 2.24) is 15.0 Å². The predicted molar refractivity (Wildman–Crippen MR) is 144 cm³/mol. The number of carbonyl (C=O) groups excluding carboxylic acids is 1. The quantitative estimate of drug-likeness (QED) is 0.165. The fourth-order valence-corrected chi connectivity index (χ4v) is 7.64. The normalized spacial score (nSPS) is 24.2. The third kappa shape index (κ3) is 2.93. The number of hydrogen-bond donors (Lipinski definition) is 0. The molecule has 178 valence electrons. The lowest BCUT2D eigenvalue weighted by molar-refractivity contribution is -0.145. The van der Waals surface area contributed by atoms with Crippen molar-refractivity contribution < 1.29 is 9.53 Å². The molecule has 0 radical (unpaired) electrons. The van der Waals surface area contributed by atoms with Gasteiger partial charge in [-0.1, -0.05) is 66.0 Å². The van der Waals surface area contributed by atoms with E-state index >= 15 is 0 Å². The Labute approximate surface area is 228 Å². The molecule has 9 heteroatoms. The van der Waals surface area contributed by atoms with Gasteiger partial charge in [0.05, 0.1) is 36.9 Å². The van der Waals surface area contributed by atoms with Gasteiger partial charge in [-0.05, 0) is 58.5 Å². The van der Waals surface area contributed by atoms with Crippen molar-refractivity contribution >= 4 is 83.0 Å². The molecule has 0 N–H and O–H groups in total. The van der Waals surface area contributed by atoms with E-state index in [1.165, 1.54) is 0 Å². The molecule has 1 saturated carbocycles. The third-order valence-electron chi connectivity index (χ3n) is 8.37. The summed E-state index contributed by atoms with van der Waals surface area (Å²) < 4.78 is 7.73. The summed E-state index contributed by atoms with van der Waals surface area (Å²) in [7, 11) is 0. The number of pyridine rings is 1. The van der Waals surface area contributed by atoms with Crippen molar-refractivity contribution in [2.75, 3.05) is 0 Å². The summed E-state index contributed by atoms with van der Waals surface area (Å²) in [4.78, 5) is 28.7. The number of aromatic nitrogens is 3. The fourth-order valence-electron chi connectivity index (χ4n) is 5.97. The predicted octanol–water partition coefficient (Wildman–Crippen LogP) is 7.94. The van der Waals surface area contributed by atoms with Gasteiger partial charge in [0, 0.05) is 21.5 Å². The zero-order valence-electron chi connectivity index (χ0n) is 19.0. The van der Waals surface area contributed by atoms with Crippen LogP contribution in [-0.4, -0.2) is 20.9 Å². The Balaban J connectivity index is 1.56. The lowest BCUT2D eigenvalue weighted by Crippen LogP contribution is -2.48. The van der Waals surface area contributed by atoms with Gasteiger partial charge in [-0.3, -0.25) is 9.78 Å². The first-order valence-corrected chi connectivity index (χ1v) is 13.5. The van der Waals surface area contributed by atoms with Crippen LogP contribution in [0.4, 0.5) is 0 Å². The first-order chi connectivity index (χ1) is 16.5. The third-order valence-corrected chi connectivity index (χ3v) is 10.3. The lowest BCUT2D eigenvalue weighted by Gasteiger charge is -2.38. The summed E-state index contributed by atoms with van der Waals surface area (Å²) in [5.41, 5.74) is 1.54. The van der Waals surface area contributed by atoms with Gasteiger partial charge in [-0.2, -0.15) is 0 Å². The molecule has 6 rings (SSSR count). The van der Waals surface area contributed by atoms with E-state index < -0.39 is 10.8 Å². The molecule has 2 bridgehead atoms. The van der Waals surface area contributed by atoms with Crippen LogP contribution in [0.25, 0.3) is 21.9 Å². The van der Waals surface area contributed by atoms with Gasteiger partial charge in [0.15, 0.2) is 5.75 Å². The Morgan fingerprint density at radius 3 is 2.31 bits per heavy atom. The summed E-state index contributed by atoms with van der Waals surface area (Å²) in [6, 6.07) is 9.09. The minimum atomic E-state index is -0.974. The number of nitrogens with zero attached hydrogens (tertiary/aromatic N) is 3. The molecule has 1 fully saturated rings. The van der Waals surface area contributed by atoms with E-state index in [9.17, 15) is 4.79 Å². The maximum atomic E-state index is 14.3. The van der Waals surface area contributed by atoms with E-state index in [1.54, 1.807) is 18.3 Å². The van der Waals surface area contributed by atoms with Crippen LogP contribution in [0.1, 0.15) is 45.0 Å². The summed E-state index contributed by atoms with van der Waals surface area (Å²) in [5, 5.41) is 1.68. The minimum Gasteiger partial charge on any atom is -0.422 e. The molecule has 2 aliphatic carbocycles. The minimum absolute atomic E-state index is 0.353. The Bertz CT molecular complexity index is 1610. The molecule has 0 aliphatic heterocycles. The number of carbonyl (C=O) groups is 1. The Kier molecular flexibility index (Phi) is 5.13. The van der Waals surface area contributed by atoms with E-state index in [0.717, 1.165) is 22.0 Å². The van der Waals surface area contributed by atoms with Crippen LogP contribution in [0.15, 0.2) is 45.5 Å². The van der Waals surface area contributed by atoms with Gasteiger partial charge in [-0.15, -0.1) is 0 Å². The van der Waals surface area contributed by atoms with Crippen molar-refractivity contribution in [2.45, 2.75) is 44.4 Å². The molecule has 2 aliphatic rings. The summed E-state index contributed by atoms with van der Waals surface area (Å²) in [6.45, 7) is 6.39. The highest BCUT2D eigenvalue weighted by Gasteiger charge is 2.74. The second-order valence-corrected chi connectivity index (χ2v) is 12.5. The highest BCUT2D eigenvalue weighted by Crippen LogP contribution is 2.70. The largest absolute Gasteiger partial charge is 0.422 e. The van der Waals surface area contributed by atoms with Crippen molar-refractivity contribution in [3.05, 3.63) is 66.9 Å². The van der Waals surface area contributed by atoms with E-state index in [2.05, 4.69) is 57.6 Å². The van der Waals surface area contributed by atoms with Gasteiger partial charge in [0.25, 0.3) is 0 Å². The van der Waals surface area contributed by atoms with Gasteiger partial charge < -0.3 is 4.74 Å². The maximum Gasteiger partial charge on any atom is 0.324 e. The molecule has 2 atom stereocenters. The first kappa shape index (κ1) is 23.6. The molecule has 0 saturated heterocycles. The number of hydrogen-bond acceptors (Lipinski definition) is 5. The summed E-state index contributed by atoms with van der Waals surface area (Å²) in [6.07, 6.45) is 3.10. The number of fused-ring (bicyclic) bond motifs is 7. The van der Waals surface area contributed by atoms with Crippen LogP contribution < -0.4 is 4.74 Å². The van der Waals surface area contributed by atoms with Crippen LogP contribution >= 0.6 is 55.1 Å². The standard InChI is InChI=1S/C26H19Br2Cl2N3O2/c1-24(2)25(3)6-7-26(24,22-21(25)32-17-10-15(29)16(30)11-18(17)33-22)23(34)35-20-14(28)9-13(27)12-5-4-8-31-19(12)20/h4-5,8-11H,6-7H2,1-3H3. The van der Waals surface area contributed by atoms with Crippen molar-refractivity contribution in [2.24, 2.45) is 5.41 Å². The van der Waals surface area contributed by atoms with Crippen molar-refractivity contribution in [3.63, 3.8) is 0 Å². The second kappa shape index (κ2) is 7.60. The number of halogens is 4. The smallest absolute Gasteiger partial charge is 0.324 e. The zero-order valence-corrected chi connectivity index (χ0v) is 23.7. The van der Waals surface area contributed by atoms with Crippen LogP contribution in [0.5, 0.6) is 5.75 Å². The van der Waals surface area contributed by atoms with Gasteiger partial charge in [-0.25, -0.2) is 9.97 Å². The van der Waals surface area contributed by atoms with Crippen LogP contribution in [0.2, 0.25) is 10.0 Å².